The molecule has 1 aromatic heterocycles. The van der Waals surface area contributed by atoms with E-state index < -0.39 is 25.4 Å². The third-order valence-electron chi connectivity index (χ3n) is 11.5. The first-order chi connectivity index (χ1) is 19.7. The van der Waals surface area contributed by atoms with Crippen LogP contribution in [0.1, 0.15) is 72.1 Å². The summed E-state index contributed by atoms with van der Waals surface area (Å²) in [6.45, 7) is 6.81. The van der Waals surface area contributed by atoms with Crippen molar-refractivity contribution >= 4 is 42.6 Å². The quantitative estimate of drug-likeness (QED) is 0.194. The molecule has 4 aliphatic rings. The Morgan fingerprint density at radius 2 is 1.79 bits per heavy atom. The molecule has 0 radical (unpaired) electrons. The molecule has 42 heavy (non-hydrogen) atoms. The molecule has 230 valence electrons. The van der Waals surface area contributed by atoms with E-state index in [1.165, 1.54) is 25.7 Å². The molecule has 0 amide bonds. The number of sulfonamides is 1. The second-order valence-electron chi connectivity index (χ2n) is 13.5. The van der Waals surface area contributed by atoms with Crippen molar-refractivity contribution in [3.05, 3.63) is 23.8 Å². The van der Waals surface area contributed by atoms with Gasteiger partial charge in [-0.2, -0.15) is 13.5 Å². The van der Waals surface area contributed by atoms with E-state index in [0.29, 0.717) is 47.7 Å². The summed E-state index contributed by atoms with van der Waals surface area (Å²) in [7, 11) is -4.81. The van der Waals surface area contributed by atoms with Gasteiger partial charge in [0.2, 0.25) is 10.0 Å². The molecule has 2 N–H and O–H groups in total. The summed E-state index contributed by atoms with van der Waals surface area (Å²) < 4.78 is 65.0. The minimum atomic E-state index is -4.02. The van der Waals surface area contributed by atoms with E-state index >= 15 is 0 Å². The maximum atomic E-state index is 12.7. The molecule has 0 saturated heterocycles. The molecule has 2 aromatic rings. The van der Waals surface area contributed by atoms with Crippen LogP contribution in [-0.2, 0) is 20.1 Å². The number of rotatable bonds is 6. The van der Waals surface area contributed by atoms with E-state index in [2.05, 4.69) is 42.6 Å². The molecule has 0 spiro atoms. The molecule has 3 saturated carbocycles. The highest BCUT2D eigenvalue weighted by molar-refractivity contribution is 7.89. The zero-order valence-electron chi connectivity index (χ0n) is 24.9. The largest absolute Gasteiger partial charge is 0.285 e. The predicted octanol–water partition coefficient (Wildman–Crippen LogP) is 5.10. The van der Waals surface area contributed by atoms with Crippen molar-refractivity contribution in [1.82, 2.24) is 14.6 Å². The zero-order chi connectivity index (χ0) is 30.2. The lowest BCUT2D eigenvalue weighted by atomic mass is 9.47. The lowest BCUT2D eigenvalue weighted by Gasteiger charge is -2.58. The topological polar surface area (TPSA) is 155 Å². The third kappa shape index (κ3) is 4.53. The maximum Gasteiger partial charge on any atom is 0.268 e. The molecular formula is C29H41N5O6S2. The van der Waals surface area contributed by atoms with Crippen LogP contribution in [0.25, 0.3) is 11.0 Å². The van der Waals surface area contributed by atoms with Gasteiger partial charge >= 0.3 is 0 Å². The molecule has 3 fully saturated rings. The molecule has 4 aliphatic carbocycles. The molecule has 1 heterocycles. The smallest absolute Gasteiger partial charge is 0.268 e. The number of hydrogen-bond acceptors (Lipinski definition) is 9. The second-order valence-corrected chi connectivity index (χ2v) is 17.4. The van der Waals surface area contributed by atoms with Crippen LogP contribution in [-0.4, -0.2) is 61.1 Å². The summed E-state index contributed by atoms with van der Waals surface area (Å²) in [4.78, 5) is 0.0303. The highest BCUT2D eigenvalue weighted by atomic mass is 32.2. The Morgan fingerprint density at radius 1 is 1.05 bits per heavy atom. The van der Waals surface area contributed by atoms with Crippen LogP contribution in [0.3, 0.4) is 0 Å². The molecule has 6 rings (SSSR count). The van der Waals surface area contributed by atoms with Gasteiger partial charge in [0.1, 0.15) is 4.90 Å². The van der Waals surface area contributed by atoms with Crippen LogP contribution in [0, 0.1) is 34.5 Å². The van der Waals surface area contributed by atoms with Crippen molar-refractivity contribution in [3.63, 3.8) is 0 Å². The minimum Gasteiger partial charge on any atom is -0.285 e. The number of nitrogens with one attached hydrogen (secondary N) is 1. The Balaban J connectivity index is 1.22. The van der Waals surface area contributed by atoms with E-state index in [4.69, 9.17) is 9.73 Å². The first-order valence-corrected chi connectivity index (χ1v) is 17.8. The van der Waals surface area contributed by atoms with Crippen LogP contribution in [0.2, 0.25) is 0 Å². The number of benzene rings is 1. The fourth-order valence-corrected chi connectivity index (χ4v) is 11.0. The van der Waals surface area contributed by atoms with Crippen molar-refractivity contribution in [2.75, 3.05) is 19.5 Å². The number of fused-ring (bicyclic) bond motifs is 6. The van der Waals surface area contributed by atoms with E-state index in [-0.39, 0.29) is 21.2 Å². The SMILES string of the molecule is C/C(=N\Nc1ccc(S(=O)(=O)N(C)C)c2nonc12)[C@H]1CC[C@H]2[C@@H]3CC=C4C[C@@H](S(=O)(=O)O)CC[C@]4(C)[C@H]3CC[C@]12C. The Bertz CT molecular complexity index is 1680. The van der Waals surface area contributed by atoms with Crippen LogP contribution in [0.15, 0.2) is 38.4 Å². The number of allylic oxidation sites excluding steroid dienone is 2. The first-order valence-electron chi connectivity index (χ1n) is 14.8. The summed E-state index contributed by atoms with van der Waals surface area (Å²) >= 11 is 0. The van der Waals surface area contributed by atoms with Crippen molar-refractivity contribution in [1.29, 1.82) is 0 Å². The van der Waals surface area contributed by atoms with Gasteiger partial charge in [0.25, 0.3) is 10.1 Å². The molecular weight excluding hydrogens is 578 g/mol. The Kier molecular flexibility index (Phi) is 7.14. The monoisotopic (exact) mass is 619 g/mol. The molecule has 0 aliphatic heterocycles. The summed E-state index contributed by atoms with van der Waals surface area (Å²) in [6, 6.07) is 3.14. The number of nitrogens with zero attached hydrogens (tertiary/aromatic N) is 4. The maximum absolute atomic E-state index is 12.7. The first kappa shape index (κ1) is 29.7. The van der Waals surface area contributed by atoms with Crippen LogP contribution in [0.4, 0.5) is 5.69 Å². The van der Waals surface area contributed by atoms with Gasteiger partial charge in [0, 0.05) is 25.7 Å². The molecule has 11 nitrogen and oxygen atoms in total. The highest BCUT2D eigenvalue weighted by Crippen LogP contribution is 2.66. The van der Waals surface area contributed by atoms with Gasteiger partial charge in [-0.15, -0.1) is 0 Å². The lowest BCUT2D eigenvalue weighted by Crippen LogP contribution is -2.51. The van der Waals surface area contributed by atoms with Gasteiger partial charge in [-0.25, -0.2) is 17.4 Å². The molecule has 0 bridgehead atoms. The number of hydrazone groups is 1. The average molecular weight is 620 g/mol. The van der Waals surface area contributed by atoms with Crippen molar-refractivity contribution in [2.45, 2.75) is 82.3 Å². The fourth-order valence-electron chi connectivity index (χ4n) is 9.13. The van der Waals surface area contributed by atoms with Gasteiger partial charge in [-0.05, 0) is 109 Å². The standard InChI is InChI=1S/C29H41N5O6S2/c1-17(30-31-24-10-11-25(41(35,36)34(4)5)27-26(24)32-40-33-27)21-8-9-22-20-7-6-18-16-19(42(37,38)39)12-14-28(18,2)23(20)13-15-29(21,22)3/h6,10-11,19-23,31H,7-9,12-16H2,1-5H3,(H,37,38,39)/b30-17+/t19-,20-,21+,22-,23-,28-,29+/m0/s1. The molecule has 13 heteroatoms. The molecule has 1 aromatic carbocycles. The van der Waals surface area contributed by atoms with Gasteiger partial charge in [0.05, 0.1) is 10.9 Å². The van der Waals surface area contributed by atoms with Gasteiger partial charge in [0.15, 0.2) is 11.0 Å². The van der Waals surface area contributed by atoms with Gasteiger partial charge < -0.3 is 0 Å². The molecule has 7 atom stereocenters. The van der Waals surface area contributed by atoms with Crippen molar-refractivity contribution < 1.29 is 26.0 Å². The Hall–Kier alpha value is -2.35. The number of hydrogen-bond donors (Lipinski definition) is 2. The van der Waals surface area contributed by atoms with Crippen molar-refractivity contribution in [2.24, 2.45) is 39.6 Å². The average Bonchev–Trinajstić information content (AvgIpc) is 3.55. The highest BCUT2D eigenvalue weighted by Gasteiger charge is 2.59. The predicted molar refractivity (Wildman–Crippen MR) is 160 cm³/mol. The summed E-state index contributed by atoms with van der Waals surface area (Å²) in [6.07, 6.45) is 9.44. The lowest BCUT2D eigenvalue weighted by molar-refractivity contribution is -0.0322. The van der Waals surface area contributed by atoms with E-state index in [9.17, 15) is 21.4 Å². The fraction of sp³-hybridized carbons (Fsp3) is 0.690. The van der Waals surface area contributed by atoms with E-state index in [1.54, 1.807) is 6.07 Å². The molecule has 0 unspecified atom stereocenters. The van der Waals surface area contributed by atoms with Crippen molar-refractivity contribution in [3.8, 4) is 0 Å². The van der Waals surface area contributed by atoms with Gasteiger partial charge in [-0.3, -0.25) is 9.98 Å². The Morgan fingerprint density at radius 3 is 2.50 bits per heavy atom. The zero-order valence-corrected chi connectivity index (χ0v) is 26.5. The van der Waals surface area contributed by atoms with Crippen LogP contribution < -0.4 is 5.43 Å². The second kappa shape index (κ2) is 10.1. The summed E-state index contributed by atoms with van der Waals surface area (Å²) in [5.74, 6) is 1.94. The summed E-state index contributed by atoms with van der Waals surface area (Å²) in [5.41, 5.74) is 6.49. The number of anilines is 1. The van der Waals surface area contributed by atoms with Crippen LogP contribution in [0.5, 0.6) is 0 Å². The minimum absolute atomic E-state index is 0.00254. The number of aromatic nitrogens is 2. The summed E-state index contributed by atoms with van der Waals surface area (Å²) in [5, 5.41) is 11.9. The van der Waals surface area contributed by atoms with Crippen LogP contribution >= 0.6 is 0 Å². The normalized spacial score (nSPS) is 35.5. The third-order valence-corrected chi connectivity index (χ3v) is 14.6. The van der Waals surface area contributed by atoms with E-state index in [1.807, 2.05) is 0 Å². The van der Waals surface area contributed by atoms with E-state index in [0.717, 1.165) is 48.5 Å². The Labute approximate surface area is 247 Å². The van der Waals surface area contributed by atoms with Gasteiger partial charge in [-0.1, -0.05) is 25.5 Å².